The molecule has 0 saturated heterocycles. The Bertz CT molecular complexity index is 869. The van der Waals surface area contributed by atoms with Crippen LogP contribution in [0.3, 0.4) is 0 Å². The Morgan fingerprint density at radius 1 is 1.14 bits per heavy atom. The van der Waals surface area contributed by atoms with Gasteiger partial charge in [0.05, 0.1) is 24.5 Å². The summed E-state index contributed by atoms with van der Waals surface area (Å²) in [7, 11) is 1.34. The number of anilines is 1. The maximum absolute atomic E-state index is 13.1. The molecule has 1 aromatic rings. The summed E-state index contributed by atoms with van der Waals surface area (Å²) in [6.45, 7) is 6.04. The fourth-order valence-electron chi connectivity index (χ4n) is 4.44. The first-order valence-electron chi connectivity index (χ1n) is 10.2. The number of fused-ring (bicyclic) bond motifs is 1. The number of hydrogen-bond acceptors (Lipinski definition) is 5. The van der Waals surface area contributed by atoms with E-state index in [0.717, 1.165) is 47.3 Å². The highest BCUT2D eigenvalue weighted by Gasteiger charge is 2.38. The number of carbonyl (C=O) groups excluding carboxylic acids is 2. The molecule has 3 rings (SSSR count). The summed E-state index contributed by atoms with van der Waals surface area (Å²) >= 11 is 1.44. The van der Waals surface area contributed by atoms with E-state index < -0.39 is 23.8 Å². The quantitative estimate of drug-likeness (QED) is 0.544. The molecule has 29 heavy (non-hydrogen) atoms. The maximum Gasteiger partial charge on any atom is 0.341 e. The molecular formula is C22H29NO5S. The average Bonchev–Trinajstić information content (AvgIpc) is 3.05. The number of amides is 1. The van der Waals surface area contributed by atoms with Gasteiger partial charge in [0, 0.05) is 4.88 Å². The smallest absolute Gasteiger partial charge is 0.341 e. The van der Waals surface area contributed by atoms with Crippen LogP contribution >= 0.6 is 11.3 Å². The number of thiophene rings is 1. The third-order valence-corrected chi connectivity index (χ3v) is 7.66. The molecule has 6 nitrogen and oxygen atoms in total. The third kappa shape index (κ3) is 4.25. The number of ether oxygens (including phenoxy) is 1. The normalized spacial score (nSPS) is 24.1. The minimum atomic E-state index is -0.957. The van der Waals surface area contributed by atoms with E-state index in [4.69, 9.17) is 4.74 Å². The second-order valence-corrected chi connectivity index (χ2v) is 9.33. The minimum absolute atomic E-state index is 0.333. The van der Waals surface area contributed by atoms with Gasteiger partial charge in [-0.05, 0) is 57.4 Å². The molecule has 0 spiro atoms. The van der Waals surface area contributed by atoms with E-state index in [1.54, 1.807) is 0 Å². The predicted octanol–water partition coefficient (Wildman–Crippen LogP) is 4.44. The fourth-order valence-corrected chi connectivity index (χ4v) is 5.79. The lowest BCUT2D eigenvalue weighted by Gasteiger charge is -2.29. The van der Waals surface area contributed by atoms with Crippen molar-refractivity contribution >= 4 is 34.2 Å². The van der Waals surface area contributed by atoms with Gasteiger partial charge < -0.3 is 15.2 Å². The Labute approximate surface area is 175 Å². The molecular weight excluding hydrogens is 390 g/mol. The Kier molecular flexibility index (Phi) is 6.46. The van der Waals surface area contributed by atoms with E-state index >= 15 is 0 Å². The second kappa shape index (κ2) is 8.69. The summed E-state index contributed by atoms with van der Waals surface area (Å²) in [5.74, 6) is -2.55. The highest BCUT2D eigenvalue weighted by Crippen LogP contribution is 2.42. The summed E-state index contributed by atoms with van der Waals surface area (Å²) in [4.78, 5) is 38.4. The van der Waals surface area contributed by atoms with E-state index in [2.05, 4.69) is 12.2 Å². The van der Waals surface area contributed by atoms with E-state index in [-0.39, 0.29) is 5.91 Å². The zero-order valence-electron chi connectivity index (χ0n) is 17.5. The standard InChI is InChI=1S/C22H29NO5S/c1-5-13-6-7-14-17(10-13)29-20(18(14)22(27)28-4)23-19(24)15-8-11(2)12(3)9-16(15)21(25)26/h13,15-16H,5-10H2,1-4H3,(H,23,24)(H,25,26). The highest BCUT2D eigenvalue weighted by atomic mass is 32.1. The van der Waals surface area contributed by atoms with Crippen molar-refractivity contribution in [2.24, 2.45) is 17.8 Å². The molecule has 0 aliphatic heterocycles. The van der Waals surface area contributed by atoms with Gasteiger partial charge in [0.2, 0.25) is 5.91 Å². The van der Waals surface area contributed by atoms with Crippen molar-refractivity contribution in [3.05, 3.63) is 27.2 Å². The van der Waals surface area contributed by atoms with Crippen molar-refractivity contribution in [2.75, 3.05) is 12.4 Å². The van der Waals surface area contributed by atoms with Crippen LogP contribution in [0, 0.1) is 17.8 Å². The number of carboxylic acids is 1. The van der Waals surface area contributed by atoms with Gasteiger partial charge in [-0.25, -0.2) is 4.79 Å². The highest BCUT2D eigenvalue weighted by molar-refractivity contribution is 7.17. The number of esters is 1. The number of carboxylic acid groups (broad SMARTS) is 1. The molecule has 1 heterocycles. The lowest BCUT2D eigenvalue weighted by molar-refractivity contribution is -0.146. The second-order valence-electron chi connectivity index (χ2n) is 8.23. The number of aliphatic carboxylic acids is 1. The van der Waals surface area contributed by atoms with Crippen molar-refractivity contribution in [1.29, 1.82) is 0 Å². The number of rotatable bonds is 5. The van der Waals surface area contributed by atoms with Gasteiger partial charge in [-0.1, -0.05) is 24.5 Å². The molecule has 0 aromatic carbocycles. The molecule has 2 N–H and O–H groups in total. The van der Waals surface area contributed by atoms with Crippen LogP contribution < -0.4 is 5.32 Å². The number of nitrogens with one attached hydrogen (secondary N) is 1. The summed E-state index contributed by atoms with van der Waals surface area (Å²) in [6.07, 6.45) is 4.60. The molecule has 1 aromatic heterocycles. The van der Waals surface area contributed by atoms with Crippen LogP contribution in [0.5, 0.6) is 0 Å². The average molecular weight is 420 g/mol. The van der Waals surface area contributed by atoms with Crippen molar-refractivity contribution in [3.8, 4) is 0 Å². The Morgan fingerprint density at radius 3 is 2.38 bits per heavy atom. The van der Waals surface area contributed by atoms with Crippen LogP contribution in [-0.4, -0.2) is 30.1 Å². The van der Waals surface area contributed by atoms with E-state index in [1.807, 2.05) is 13.8 Å². The zero-order valence-corrected chi connectivity index (χ0v) is 18.3. The van der Waals surface area contributed by atoms with Gasteiger partial charge in [0.25, 0.3) is 0 Å². The summed E-state index contributed by atoms with van der Waals surface area (Å²) in [5.41, 5.74) is 3.52. The number of carbonyl (C=O) groups is 3. The van der Waals surface area contributed by atoms with Crippen molar-refractivity contribution in [3.63, 3.8) is 0 Å². The first-order chi connectivity index (χ1) is 13.8. The molecule has 158 valence electrons. The maximum atomic E-state index is 13.1. The van der Waals surface area contributed by atoms with Crippen LogP contribution in [0.25, 0.3) is 0 Å². The van der Waals surface area contributed by atoms with E-state index in [0.29, 0.717) is 29.3 Å². The van der Waals surface area contributed by atoms with Crippen molar-refractivity contribution in [1.82, 2.24) is 0 Å². The van der Waals surface area contributed by atoms with Gasteiger partial charge >= 0.3 is 11.9 Å². The van der Waals surface area contributed by atoms with Gasteiger partial charge in [0.15, 0.2) is 0 Å². The molecule has 3 unspecified atom stereocenters. The van der Waals surface area contributed by atoms with E-state index in [9.17, 15) is 19.5 Å². The van der Waals surface area contributed by atoms with Crippen LogP contribution in [0.2, 0.25) is 0 Å². The monoisotopic (exact) mass is 419 g/mol. The summed E-state index contributed by atoms with van der Waals surface area (Å²) < 4.78 is 4.99. The van der Waals surface area contributed by atoms with Crippen LogP contribution in [0.1, 0.15) is 67.3 Å². The van der Waals surface area contributed by atoms with Gasteiger partial charge in [0.1, 0.15) is 5.00 Å². The molecule has 0 radical (unpaired) electrons. The molecule has 2 aliphatic carbocycles. The van der Waals surface area contributed by atoms with Crippen LogP contribution in [-0.2, 0) is 27.2 Å². The van der Waals surface area contributed by atoms with Gasteiger partial charge in [-0.3, -0.25) is 9.59 Å². The van der Waals surface area contributed by atoms with Crippen molar-refractivity contribution in [2.45, 2.75) is 59.3 Å². The number of allylic oxidation sites excluding steroid dienone is 2. The lowest BCUT2D eigenvalue weighted by Crippen LogP contribution is -2.36. The SMILES string of the molecule is CCC1CCc2c(sc(NC(=O)C3CC(C)=C(C)CC3C(=O)O)c2C(=O)OC)C1. The molecule has 0 saturated carbocycles. The lowest BCUT2D eigenvalue weighted by atomic mass is 9.76. The van der Waals surface area contributed by atoms with Gasteiger partial charge in [-0.15, -0.1) is 11.3 Å². The molecule has 7 heteroatoms. The molecule has 0 fully saturated rings. The Morgan fingerprint density at radius 2 is 1.79 bits per heavy atom. The predicted molar refractivity (Wildman–Crippen MR) is 112 cm³/mol. The summed E-state index contributed by atoms with van der Waals surface area (Å²) in [6, 6.07) is 0. The number of methoxy groups -OCH3 is 1. The number of hydrogen-bond donors (Lipinski definition) is 2. The Hall–Kier alpha value is -2.15. The molecule has 2 aliphatic rings. The molecule has 3 atom stereocenters. The van der Waals surface area contributed by atoms with Crippen LogP contribution in [0.15, 0.2) is 11.1 Å². The Balaban J connectivity index is 1.91. The first-order valence-corrected chi connectivity index (χ1v) is 11.0. The largest absolute Gasteiger partial charge is 0.481 e. The molecule has 0 bridgehead atoms. The van der Waals surface area contributed by atoms with Crippen molar-refractivity contribution < 1.29 is 24.2 Å². The topological polar surface area (TPSA) is 92.7 Å². The zero-order chi connectivity index (χ0) is 21.3. The fraction of sp³-hybridized carbons (Fsp3) is 0.591. The van der Waals surface area contributed by atoms with Gasteiger partial charge in [-0.2, -0.15) is 0 Å². The molecule has 1 amide bonds. The third-order valence-electron chi connectivity index (χ3n) is 6.49. The summed E-state index contributed by atoms with van der Waals surface area (Å²) in [5, 5.41) is 13.0. The van der Waals surface area contributed by atoms with Crippen LogP contribution in [0.4, 0.5) is 5.00 Å². The minimum Gasteiger partial charge on any atom is -0.481 e. The first kappa shape index (κ1) is 21.6. The van der Waals surface area contributed by atoms with E-state index in [1.165, 1.54) is 18.4 Å².